The van der Waals surface area contributed by atoms with Crippen LogP contribution < -0.4 is 18.9 Å². The minimum atomic E-state index is -0.508. The van der Waals surface area contributed by atoms with Crippen molar-refractivity contribution in [2.45, 2.75) is 0 Å². The smallest absolute Gasteiger partial charge is 0.343 e. The van der Waals surface area contributed by atoms with Crippen molar-refractivity contribution in [3.8, 4) is 23.0 Å². The number of hydrogen-bond donors (Lipinski definition) is 0. The van der Waals surface area contributed by atoms with Crippen molar-refractivity contribution in [1.29, 1.82) is 0 Å². The Morgan fingerprint density at radius 1 is 0.710 bits per heavy atom. The second kappa shape index (κ2) is 10.1. The summed E-state index contributed by atoms with van der Waals surface area (Å²) in [5.41, 5.74) is 1.64. The van der Waals surface area contributed by atoms with Gasteiger partial charge in [-0.3, -0.25) is 4.79 Å². The second-order valence-corrected chi connectivity index (χ2v) is 6.46. The summed E-state index contributed by atoms with van der Waals surface area (Å²) in [6.07, 6.45) is 3.17. The van der Waals surface area contributed by atoms with Gasteiger partial charge in [-0.15, -0.1) is 0 Å². The predicted octanol–water partition coefficient (Wildman–Crippen LogP) is 4.83. The Kier molecular flexibility index (Phi) is 7.06. The molecule has 0 radical (unpaired) electrons. The molecule has 3 rings (SSSR count). The van der Waals surface area contributed by atoms with E-state index >= 15 is 0 Å². The Morgan fingerprint density at radius 2 is 1.45 bits per heavy atom. The van der Waals surface area contributed by atoms with Crippen molar-refractivity contribution in [2.24, 2.45) is 0 Å². The van der Waals surface area contributed by atoms with Crippen molar-refractivity contribution in [3.05, 3.63) is 89.5 Å². The van der Waals surface area contributed by atoms with Crippen molar-refractivity contribution in [3.63, 3.8) is 0 Å². The van der Waals surface area contributed by atoms with E-state index in [-0.39, 0.29) is 5.78 Å². The molecular formula is C25H22O6. The molecule has 6 heteroatoms. The first-order valence-corrected chi connectivity index (χ1v) is 9.45. The lowest BCUT2D eigenvalue weighted by molar-refractivity contribution is 0.0734. The highest BCUT2D eigenvalue weighted by Gasteiger charge is 2.10. The monoisotopic (exact) mass is 418 g/mol. The zero-order valence-corrected chi connectivity index (χ0v) is 17.5. The van der Waals surface area contributed by atoms with Crippen molar-refractivity contribution >= 4 is 17.8 Å². The van der Waals surface area contributed by atoms with E-state index < -0.39 is 5.97 Å². The summed E-state index contributed by atoms with van der Waals surface area (Å²) >= 11 is 0. The third kappa shape index (κ3) is 5.51. The van der Waals surface area contributed by atoms with Crippen LogP contribution in [0, 0.1) is 0 Å². The molecule has 0 bridgehead atoms. The van der Waals surface area contributed by atoms with Crippen LogP contribution in [0.15, 0.2) is 72.8 Å². The average molecular weight is 418 g/mol. The van der Waals surface area contributed by atoms with Gasteiger partial charge in [-0.2, -0.15) is 0 Å². The van der Waals surface area contributed by atoms with E-state index in [1.165, 1.54) is 13.2 Å². The lowest BCUT2D eigenvalue weighted by Gasteiger charge is -2.07. The van der Waals surface area contributed by atoms with Crippen molar-refractivity contribution in [2.75, 3.05) is 21.3 Å². The van der Waals surface area contributed by atoms with Gasteiger partial charge in [0.1, 0.15) is 11.5 Å². The molecule has 158 valence electrons. The van der Waals surface area contributed by atoms with E-state index in [2.05, 4.69) is 0 Å². The Morgan fingerprint density at radius 3 is 2.13 bits per heavy atom. The highest BCUT2D eigenvalue weighted by atomic mass is 16.5. The molecule has 0 heterocycles. The molecule has 0 aliphatic rings. The van der Waals surface area contributed by atoms with Gasteiger partial charge < -0.3 is 18.9 Å². The van der Waals surface area contributed by atoms with E-state index in [1.54, 1.807) is 81.0 Å². The molecular weight excluding hydrogens is 396 g/mol. The SMILES string of the molecule is COc1cccc(C(=O)Oc2ccc(C(=O)/C=C/c3ccc(OC)c(OC)c3)cc2)c1. The van der Waals surface area contributed by atoms with Gasteiger partial charge >= 0.3 is 5.97 Å². The summed E-state index contributed by atoms with van der Waals surface area (Å²) in [4.78, 5) is 24.7. The molecule has 0 saturated heterocycles. The third-order valence-electron chi connectivity index (χ3n) is 4.49. The minimum Gasteiger partial charge on any atom is -0.497 e. The van der Waals surface area contributed by atoms with Gasteiger partial charge in [0.05, 0.1) is 26.9 Å². The fraction of sp³-hybridized carbons (Fsp3) is 0.120. The summed E-state index contributed by atoms with van der Waals surface area (Å²) in [5.74, 6) is 1.42. The van der Waals surface area contributed by atoms with Gasteiger partial charge in [0.15, 0.2) is 17.3 Å². The molecule has 31 heavy (non-hydrogen) atoms. The highest BCUT2D eigenvalue weighted by molar-refractivity contribution is 6.07. The van der Waals surface area contributed by atoms with Crippen LogP contribution >= 0.6 is 0 Å². The van der Waals surface area contributed by atoms with Gasteiger partial charge in [0.2, 0.25) is 0 Å². The fourth-order valence-electron chi connectivity index (χ4n) is 2.83. The average Bonchev–Trinajstić information content (AvgIpc) is 2.82. The van der Waals surface area contributed by atoms with Gasteiger partial charge in [0.25, 0.3) is 0 Å². The van der Waals surface area contributed by atoms with Gasteiger partial charge in [-0.25, -0.2) is 4.79 Å². The third-order valence-corrected chi connectivity index (χ3v) is 4.49. The number of ketones is 1. The van der Waals surface area contributed by atoms with E-state index in [9.17, 15) is 9.59 Å². The molecule has 0 atom stereocenters. The number of ether oxygens (including phenoxy) is 4. The van der Waals surface area contributed by atoms with Crippen LogP contribution in [0.1, 0.15) is 26.3 Å². The van der Waals surface area contributed by atoms with E-state index in [0.717, 1.165) is 5.56 Å². The number of allylic oxidation sites excluding steroid dienone is 1. The molecule has 6 nitrogen and oxygen atoms in total. The lowest BCUT2D eigenvalue weighted by atomic mass is 10.1. The first kappa shape index (κ1) is 21.6. The highest BCUT2D eigenvalue weighted by Crippen LogP contribution is 2.28. The van der Waals surface area contributed by atoms with Crippen LogP contribution in [0.3, 0.4) is 0 Å². The number of methoxy groups -OCH3 is 3. The molecule has 0 amide bonds. The fourth-order valence-corrected chi connectivity index (χ4v) is 2.83. The van der Waals surface area contributed by atoms with Gasteiger partial charge in [0, 0.05) is 5.56 Å². The topological polar surface area (TPSA) is 71.1 Å². The predicted molar refractivity (Wildman–Crippen MR) is 117 cm³/mol. The number of carbonyl (C=O) groups is 2. The van der Waals surface area contributed by atoms with Gasteiger partial charge in [-0.05, 0) is 66.2 Å². The molecule has 3 aromatic carbocycles. The van der Waals surface area contributed by atoms with Crippen molar-refractivity contribution < 1.29 is 28.5 Å². The lowest BCUT2D eigenvalue weighted by Crippen LogP contribution is -2.08. The normalized spacial score (nSPS) is 10.5. The number of hydrogen-bond acceptors (Lipinski definition) is 6. The Balaban J connectivity index is 1.66. The van der Waals surface area contributed by atoms with E-state index in [1.807, 2.05) is 6.07 Å². The Bertz CT molecular complexity index is 1100. The number of benzene rings is 3. The largest absolute Gasteiger partial charge is 0.497 e. The maximum atomic E-state index is 12.5. The van der Waals surface area contributed by atoms with Crippen LogP contribution in [0.25, 0.3) is 6.08 Å². The summed E-state index contributed by atoms with van der Waals surface area (Å²) in [6, 6.07) is 18.4. The van der Waals surface area contributed by atoms with Crippen LogP contribution in [-0.2, 0) is 0 Å². The van der Waals surface area contributed by atoms with Gasteiger partial charge in [-0.1, -0.05) is 18.2 Å². The zero-order valence-electron chi connectivity index (χ0n) is 17.5. The molecule has 0 N–H and O–H groups in total. The summed E-state index contributed by atoms with van der Waals surface area (Å²) in [7, 11) is 4.65. The molecule has 0 aromatic heterocycles. The quantitative estimate of drug-likeness (QED) is 0.226. The maximum absolute atomic E-state index is 12.5. The molecule has 0 unspecified atom stereocenters. The van der Waals surface area contributed by atoms with Crippen LogP contribution in [0.4, 0.5) is 0 Å². The standard InChI is InChI=1S/C25H22O6/c1-28-21-6-4-5-19(16-21)25(27)31-20-11-9-18(10-12-20)22(26)13-7-17-8-14-23(29-2)24(15-17)30-3/h4-16H,1-3H3/b13-7+. The number of rotatable bonds is 8. The summed E-state index contributed by atoms with van der Waals surface area (Å²) < 4.78 is 20.9. The van der Waals surface area contributed by atoms with E-state index in [4.69, 9.17) is 18.9 Å². The van der Waals surface area contributed by atoms with E-state index in [0.29, 0.717) is 34.1 Å². The molecule has 0 saturated carbocycles. The van der Waals surface area contributed by atoms with Crippen LogP contribution in [0.2, 0.25) is 0 Å². The Labute approximate surface area is 180 Å². The number of carbonyl (C=O) groups excluding carboxylic acids is 2. The molecule has 0 aliphatic carbocycles. The maximum Gasteiger partial charge on any atom is 0.343 e. The summed E-state index contributed by atoms with van der Waals surface area (Å²) in [6.45, 7) is 0. The zero-order chi connectivity index (χ0) is 22.2. The van der Waals surface area contributed by atoms with Crippen LogP contribution in [0.5, 0.6) is 23.0 Å². The second-order valence-electron chi connectivity index (χ2n) is 6.46. The Hall–Kier alpha value is -4.06. The minimum absolute atomic E-state index is 0.180. The first-order valence-electron chi connectivity index (χ1n) is 9.45. The first-order chi connectivity index (χ1) is 15.0. The molecule has 3 aromatic rings. The number of esters is 1. The van der Waals surface area contributed by atoms with Crippen molar-refractivity contribution in [1.82, 2.24) is 0 Å². The van der Waals surface area contributed by atoms with Crippen LogP contribution in [-0.4, -0.2) is 33.1 Å². The molecule has 0 fully saturated rings. The molecule has 0 aliphatic heterocycles. The molecule has 0 spiro atoms. The summed E-state index contributed by atoms with van der Waals surface area (Å²) in [5, 5.41) is 0.